The van der Waals surface area contributed by atoms with Gasteiger partial charge in [-0.15, -0.1) is 0 Å². The van der Waals surface area contributed by atoms with Crippen molar-refractivity contribution in [1.29, 1.82) is 0 Å². The smallest absolute Gasteiger partial charge is 0.256 e. The highest BCUT2D eigenvalue weighted by molar-refractivity contribution is 5.97. The van der Waals surface area contributed by atoms with Gasteiger partial charge in [0.2, 0.25) is 5.91 Å². The van der Waals surface area contributed by atoms with Crippen LogP contribution >= 0.6 is 0 Å². The van der Waals surface area contributed by atoms with Crippen molar-refractivity contribution in [2.45, 2.75) is 26.2 Å². The van der Waals surface area contributed by atoms with E-state index in [-0.39, 0.29) is 23.8 Å². The minimum absolute atomic E-state index is 0.135. The van der Waals surface area contributed by atoms with E-state index >= 15 is 0 Å². The second-order valence-electron chi connectivity index (χ2n) is 3.66. The Morgan fingerprint density at radius 1 is 1.36 bits per heavy atom. The molecule has 0 aromatic carbocycles. The molecule has 2 heterocycles. The van der Waals surface area contributed by atoms with Crippen LogP contribution in [0.15, 0.2) is 4.79 Å². The average molecular weight is 193 g/mol. The van der Waals surface area contributed by atoms with Gasteiger partial charge in [-0.25, -0.2) is 4.98 Å². The Bertz CT molecular complexity index is 448. The van der Waals surface area contributed by atoms with E-state index in [1.54, 1.807) is 0 Å². The molecule has 14 heavy (non-hydrogen) atoms. The average Bonchev–Trinajstić information content (AvgIpc) is 2.45. The van der Waals surface area contributed by atoms with E-state index in [0.717, 1.165) is 0 Å². The third-order valence-corrected chi connectivity index (χ3v) is 2.18. The monoisotopic (exact) mass is 193 g/mol. The van der Waals surface area contributed by atoms with Crippen LogP contribution < -0.4 is 10.9 Å². The van der Waals surface area contributed by atoms with Crippen molar-refractivity contribution in [3.8, 4) is 0 Å². The summed E-state index contributed by atoms with van der Waals surface area (Å²) in [6.45, 7) is 3.86. The molecule has 74 valence electrons. The predicted octanol–water partition coefficient (Wildman–Crippen LogP) is 0.388. The van der Waals surface area contributed by atoms with Gasteiger partial charge < -0.3 is 10.3 Å². The molecule has 0 saturated heterocycles. The van der Waals surface area contributed by atoms with Gasteiger partial charge in [0.25, 0.3) is 5.56 Å². The summed E-state index contributed by atoms with van der Waals surface area (Å²) in [6.07, 6.45) is 0.135. The van der Waals surface area contributed by atoms with Crippen LogP contribution in [0.4, 0.5) is 5.82 Å². The number of rotatable bonds is 1. The van der Waals surface area contributed by atoms with Crippen molar-refractivity contribution in [2.24, 2.45) is 0 Å². The fourth-order valence-corrected chi connectivity index (χ4v) is 1.39. The van der Waals surface area contributed by atoms with Gasteiger partial charge in [-0.1, -0.05) is 13.8 Å². The summed E-state index contributed by atoms with van der Waals surface area (Å²) < 4.78 is 0. The highest BCUT2D eigenvalue weighted by Crippen LogP contribution is 2.18. The van der Waals surface area contributed by atoms with Crippen molar-refractivity contribution >= 4 is 11.7 Å². The van der Waals surface area contributed by atoms with E-state index in [9.17, 15) is 9.59 Å². The molecule has 0 atom stereocenters. The lowest BCUT2D eigenvalue weighted by Gasteiger charge is -2.05. The Labute approximate surface area is 80.6 Å². The molecule has 1 aliphatic heterocycles. The van der Waals surface area contributed by atoms with Crippen molar-refractivity contribution in [3.63, 3.8) is 0 Å². The number of carbonyl (C=O) groups is 1. The van der Waals surface area contributed by atoms with Gasteiger partial charge in [-0.3, -0.25) is 9.59 Å². The maximum atomic E-state index is 11.5. The number of anilines is 1. The van der Waals surface area contributed by atoms with Gasteiger partial charge in [0.1, 0.15) is 11.6 Å². The molecule has 0 fully saturated rings. The quantitative estimate of drug-likeness (QED) is 0.677. The van der Waals surface area contributed by atoms with E-state index < -0.39 is 0 Å². The number of amides is 1. The Kier molecular flexibility index (Phi) is 1.87. The van der Waals surface area contributed by atoms with E-state index in [1.165, 1.54) is 0 Å². The van der Waals surface area contributed by atoms with Crippen molar-refractivity contribution in [1.82, 2.24) is 9.97 Å². The first-order chi connectivity index (χ1) is 6.58. The Hall–Kier alpha value is -1.65. The topological polar surface area (TPSA) is 74.8 Å². The zero-order chi connectivity index (χ0) is 10.3. The summed E-state index contributed by atoms with van der Waals surface area (Å²) in [5.74, 6) is 1.00. The molecule has 1 aliphatic rings. The number of fused-ring (bicyclic) bond motifs is 1. The van der Waals surface area contributed by atoms with Crippen LogP contribution in [0.3, 0.4) is 0 Å². The van der Waals surface area contributed by atoms with Crippen molar-refractivity contribution < 1.29 is 4.79 Å². The number of hydrogen-bond donors (Lipinski definition) is 2. The second kappa shape index (κ2) is 2.94. The molecule has 0 bridgehead atoms. The third-order valence-electron chi connectivity index (χ3n) is 2.18. The van der Waals surface area contributed by atoms with Gasteiger partial charge in [0, 0.05) is 5.92 Å². The molecular formula is C9H11N3O2. The van der Waals surface area contributed by atoms with Crippen LogP contribution in [-0.2, 0) is 11.2 Å². The molecule has 1 amide bonds. The highest BCUT2D eigenvalue weighted by atomic mass is 16.2. The SMILES string of the molecule is CC(C)c1nc2c(c(=O)[nH]1)CC(=O)N2. The summed E-state index contributed by atoms with van der Waals surface area (Å²) in [5.41, 5.74) is 0.233. The van der Waals surface area contributed by atoms with E-state index in [2.05, 4.69) is 15.3 Å². The first-order valence-corrected chi connectivity index (χ1v) is 4.51. The molecule has 0 spiro atoms. The Morgan fingerprint density at radius 2 is 2.07 bits per heavy atom. The first kappa shape index (κ1) is 8.93. The number of carbonyl (C=O) groups excluding carboxylic acids is 1. The number of aromatic amines is 1. The lowest BCUT2D eigenvalue weighted by molar-refractivity contribution is -0.115. The largest absolute Gasteiger partial charge is 0.310 e. The molecular weight excluding hydrogens is 182 g/mol. The van der Waals surface area contributed by atoms with Crippen LogP contribution in [0.1, 0.15) is 31.2 Å². The maximum Gasteiger partial charge on any atom is 0.256 e. The first-order valence-electron chi connectivity index (χ1n) is 4.51. The summed E-state index contributed by atoms with van der Waals surface area (Å²) in [5, 5.41) is 2.56. The number of nitrogens with one attached hydrogen (secondary N) is 2. The summed E-state index contributed by atoms with van der Waals surface area (Å²) in [4.78, 5) is 29.4. The summed E-state index contributed by atoms with van der Waals surface area (Å²) >= 11 is 0. The van der Waals surface area contributed by atoms with E-state index in [0.29, 0.717) is 17.2 Å². The van der Waals surface area contributed by atoms with Crippen LogP contribution in [0.5, 0.6) is 0 Å². The third kappa shape index (κ3) is 1.30. The fraction of sp³-hybridized carbons (Fsp3) is 0.444. The van der Waals surface area contributed by atoms with Crippen LogP contribution in [0.25, 0.3) is 0 Å². The minimum Gasteiger partial charge on any atom is -0.310 e. The molecule has 1 aromatic heterocycles. The van der Waals surface area contributed by atoms with Gasteiger partial charge in [-0.2, -0.15) is 0 Å². The maximum absolute atomic E-state index is 11.5. The molecule has 5 nitrogen and oxygen atoms in total. The predicted molar refractivity (Wildman–Crippen MR) is 51.3 cm³/mol. The summed E-state index contributed by atoms with van der Waals surface area (Å²) in [7, 11) is 0. The standard InChI is InChI=1S/C9H11N3O2/c1-4(2)7-11-8-5(9(14)12-7)3-6(13)10-8/h4H,3H2,1-2H3,(H2,10,11,12,13,14). The van der Waals surface area contributed by atoms with Crippen molar-refractivity contribution in [3.05, 3.63) is 21.7 Å². The molecule has 0 radical (unpaired) electrons. The zero-order valence-corrected chi connectivity index (χ0v) is 8.05. The van der Waals surface area contributed by atoms with Gasteiger partial charge in [0.15, 0.2) is 0 Å². The molecule has 2 N–H and O–H groups in total. The number of hydrogen-bond acceptors (Lipinski definition) is 3. The van der Waals surface area contributed by atoms with Crippen molar-refractivity contribution in [2.75, 3.05) is 5.32 Å². The molecule has 1 aromatic rings. The van der Waals surface area contributed by atoms with Crippen LogP contribution in [-0.4, -0.2) is 15.9 Å². The molecule has 2 rings (SSSR count). The van der Waals surface area contributed by atoms with Crippen LogP contribution in [0.2, 0.25) is 0 Å². The number of aromatic nitrogens is 2. The van der Waals surface area contributed by atoms with Gasteiger partial charge in [0.05, 0.1) is 12.0 Å². The number of H-pyrrole nitrogens is 1. The Morgan fingerprint density at radius 3 is 2.71 bits per heavy atom. The summed E-state index contributed by atoms with van der Waals surface area (Å²) in [6, 6.07) is 0. The van der Waals surface area contributed by atoms with Gasteiger partial charge >= 0.3 is 0 Å². The normalized spacial score (nSPS) is 14.4. The zero-order valence-electron chi connectivity index (χ0n) is 8.05. The lowest BCUT2D eigenvalue weighted by atomic mass is 10.2. The Balaban J connectivity index is 2.57. The molecule has 0 aliphatic carbocycles. The molecule has 5 heteroatoms. The van der Waals surface area contributed by atoms with Crippen LogP contribution in [0, 0.1) is 0 Å². The number of nitrogens with zero attached hydrogens (tertiary/aromatic N) is 1. The second-order valence-corrected chi connectivity index (χ2v) is 3.66. The van der Waals surface area contributed by atoms with E-state index in [4.69, 9.17) is 0 Å². The molecule has 0 saturated carbocycles. The fourth-order valence-electron chi connectivity index (χ4n) is 1.39. The minimum atomic E-state index is -0.211. The van der Waals surface area contributed by atoms with Gasteiger partial charge in [-0.05, 0) is 0 Å². The molecule has 0 unspecified atom stereocenters. The lowest BCUT2D eigenvalue weighted by Crippen LogP contribution is -2.16. The highest BCUT2D eigenvalue weighted by Gasteiger charge is 2.23. The van der Waals surface area contributed by atoms with E-state index in [1.807, 2.05) is 13.8 Å².